The number of hydrogen-bond acceptors (Lipinski definition) is 4. The van der Waals surface area contributed by atoms with Gasteiger partial charge in [0, 0.05) is 10.2 Å². The summed E-state index contributed by atoms with van der Waals surface area (Å²) >= 11 is 3.42. The second kappa shape index (κ2) is 9.88. The van der Waals surface area contributed by atoms with Gasteiger partial charge in [0.25, 0.3) is 5.91 Å². The molecule has 166 valence electrons. The molecular weight excluding hydrogens is 482 g/mol. The molecule has 0 unspecified atom stereocenters. The van der Waals surface area contributed by atoms with Gasteiger partial charge in [0.1, 0.15) is 5.75 Å². The van der Waals surface area contributed by atoms with Crippen molar-refractivity contribution in [1.29, 1.82) is 0 Å². The van der Waals surface area contributed by atoms with Gasteiger partial charge in [-0.05, 0) is 60.5 Å². The molecule has 1 N–H and O–H groups in total. The van der Waals surface area contributed by atoms with Crippen LogP contribution in [0.3, 0.4) is 0 Å². The van der Waals surface area contributed by atoms with Crippen LogP contribution >= 0.6 is 15.9 Å². The van der Waals surface area contributed by atoms with Gasteiger partial charge in [-0.3, -0.25) is 14.5 Å². The molecule has 0 bridgehead atoms. The average Bonchev–Trinajstić information content (AvgIpc) is 3.10. The number of hydrogen-bond donors (Lipinski definition) is 1. The molecule has 1 aliphatic heterocycles. The number of allylic oxidation sites excluding steroid dienone is 1. The number of benzene rings is 3. The molecule has 3 aromatic carbocycles. The maximum absolute atomic E-state index is 13.2. The molecule has 0 spiro atoms. The molecule has 1 heterocycles. The number of ether oxygens (including phenoxy) is 1. The summed E-state index contributed by atoms with van der Waals surface area (Å²) in [5, 5.41) is 10.8. The van der Waals surface area contributed by atoms with Crippen molar-refractivity contribution in [1.82, 2.24) is 0 Å². The fourth-order valence-corrected chi connectivity index (χ4v) is 4.04. The van der Waals surface area contributed by atoms with Crippen molar-refractivity contribution in [3.63, 3.8) is 0 Å². The van der Waals surface area contributed by atoms with Crippen molar-refractivity contribution < 1.29 is 19.4 Å². The molecule has 0 saturated heterocycles. The van der Waals surface area contributed by atoms with E-state index in [1.165, 1.54) is 11.0 Å². The van der Waals surface area contributed by atoms with Gasteiger partial charge in [-0.2, -0.15) is 0 Å². The molecule has 33 heavy (non-hydrogen) atoms. The summed E-state index contributed by atoms with van der Waals surface area (Å²) in [6.07, 6.45) is 3.06. The van der Waals surface area contributed by atoms with E-state index < -0.39 is 23.5 Å². The Morgan fingerprint density at radius 3 is 2.33 bits per heavy atom. The first-order valence-electron chi connectivity index (χ1n) is 10.5. The van der Waals surface area contributed by atoms with Crippen LogP contribution in [0.25, 0.3) is 6.08 Å². The highest BCUT2D eigenvalue weighted by molar-refractivity contribution is 9.10. The maximum atomic E-state index is 13.2. The molecule has 0 radical (unpaired) electrons. The van der Waals surface area contributed by atoms with Crippen LogP contribution in [0.4, 0.5) is 5.69 Å². The van der Waals surface area contributed by atoms with E-state index in [1.54, 1.807) is 30.3 Å². The first-order valence-corrected chi connectivity index (χ1v) is 11.3. The Labute approximate surface area is 200 Å². The molecular formula is C27H22BrNO4. The second-order valence-electron chi connectivity index (χ2n) is 7.43. The summed E-state index contributed by atoms with van der Waals surface area (Å²) < 4.78 is 6.37. The van der Waals surface area contributed by atoms with Gasteiger partial charge in [-0.25, -0.2) is 0 Å². The highest BCUT2D eigenvalue weighted by Crippen LogP contribution is 2.41. The zero-order chi connectivity index (χ0) is 23.4. The minimum atomic E-state index is -0.767. The van der Waals surface area contributed by atoms with Crippen molar-refractivity contribution in [2.75, 3.05) is 11.5 Å². The van der Waals surface area contributed by atoms with Crippen molar-refractivity contribution in [3.05, 3.63) is 112 Å². The maximum Gasteiger partial charge on any atom is 0.294 e. The summed E-state index contributed by atoms with van der Waals surface area (Å²) in [4.78, 5) is 27.8. The largest absolute Gasteiger partial charge is 0.503 e. The predicted molar refractivity (Wildman–Crippen MR) is 132 cm³/mol. The first kappa shape index (κ1) is 22.6. The first-order chi connectivity index (χ1) is 16.0. The van der Waals surface area contributed by atoms with E-state index in [0.717, 1.165) is 10.0 Å². The lowest BCUT2D eigenvalue weighted by atomic mass is 9.95. The van der Waals surface area contributed by atoms with Gasteiger partial charge in [-0.15, -0.1) is 0 Å². The number of halogens is 1. The molecule has 4 rings (SSSR count). The zero-order valence-electron chi connectivity index (χ0n) is 17.9. The number of anilines is 1. The minimum absolute atomic E-state index is 0.0448. The number of aliphatic hydroxyl groups is 1. The topological polar surface area (TPSA) is 66.8 Å². The van der Waals surface area contributed by atoms with E-state index in [0.29, 0.717) is 23.6 Å². The Kier molecular flexibility index (Phi) is 6.75. The van der Waals surface area contributed by atoms with Gasteiger partial charge >= 0.3 is 0 Å². The van der Waals surface area contributed by atoms with Crippen LogP contribution in [0, 0.1) is 0 Å². The lowest BCUT2D eigenvalue weighted by Gasteiger charge is -2.27. The SMILES string of the molecule is CCOc1ccc(N2C(=O)C(O)=C(C(=O)/C=C/c3ccccc3)[C@H]2c2ccc(Br)cc2)cc1. The Morgan fingerprint density at radius 2 is 1.70 bits per heavy atom. The molecule has 1 atom stereocenters. The van der Waals surface area contributed by atoms with Crippen LogP contribution < -0.4 is 9.64 Å². The monoisotopic (exact) mass is 503 g/mol. The van der Waals surface area contributed by atoms with Crippen LogP contribution in [0.1, 0.15) is 24.1 Å². The summed E-state index contributed by atoms with van der Waals surface area (Å²) in [6, 6.07) is 23.0. The average molecular weight is 504 g/mol. The fourth-order valence-electron chi connectivity index (χ4n) is 3.78. The molecule has 1 aliphatic rings. The molecule has 3 aromatic rings. The summed E-state index contributed by atoms with van der Waals surface area (Å²) in [5.41, 5.74) is 2.15. The van der Waals surface area contributed by atoms with Crippen LogP contribution in [-0.2, 0) is 9.59 Å². The molecule has 5 nitrogen and oxygen atoms in total. The third-order valence-electron chi connectivity index (χ3n) is 5.31. The number of aliphatic hydroxyl groups excluding tert-OH is 1. The second-order valence-corrected chi connectivity index (χ2v) is 8.34. The Hall–Kier alpha value is -3.64. The van der Waals surface area contributed by atoms with E-state index in [9.17, 15) is 14.7 Å². The summed E-state index contributed by atoms with van der Waals surface area (Å²) in [5.74, 6) is -0.915. The Morgan fingerprint density at radius 1 is 1.03 bits per heavy atom. The molecule has 0 aromatic heterocycles. The fraction of sp³-hybridized carbons (Fsp3) is 0.111. The van der Waals surface area contributed by atoms with Crippen LogP contribution in [0.5, 0.6) is 5.75 Å². The van der Waals surface area contributed by atoms with Gasteiger partial charge in [0.05, 0.1) is 18.2 Å². The molecule has 0 saturated carbocycles. The molecule has 0 fully saturated rings. The summed E-state index contributed by atoms with van der Waals surface area (Å²) in [6.45, 7) is 2.42. The standard InChI is InChI=1S/C27H22BrNO4/c1-2-33-22-15-13-21(14-16-22)29-25(19-9-11-20(28)12-10-19)24(26(31)27(29)32)23(30)17-8-18-6-4-3-5-7-18/h3-17,25,31H,2H2,1H3/b17-8+/t25-/m1/s1. The van der Waals surface area contributed by atoms with E-state index in [1.807, 2.05) is 61.5 Å². The van der Waals surface area contributed by atoms with E-state index in [4.69, 9.17) is 4.74 Å². The number of carbonyl (C=O) groups is 2. The number of rotatable bonds is 7. The zero-order valence-corrected chi connectivity index (χ0v) is 19.5. The minimum Gasteiger partial charge on any atom is -0.503 e. The van der Waals surface area contributed by atoms with Crippen molar-refractivity contribution in [3.8, 4) is 5.75 Å². The highest BCUT2D eigenvalue weighted by Gasteiger charge is 2.43. The molecule has 1 amide bonds. The predicted octanol–water partition coefficient (Wildman–Crippen LogP) is 6.03. The van der Waals surface area contributed by atoms with E-state index in [2.05, 4.69) is 15.9 Å². The summed E-state index contributed by atoms with van der Waals surface area (Å²) in [7, 11) is 0. The highest BCUT2D eigenvalue weighted by atomic mass is 79.9. The van der Waals surface area contributed by atoms with Gasteiger partial charge in [0.2, 0.25) is 0 Å². The quantitative estimate of drug-likeness (QED) is 0.399. The normalized spacial score (nSPS) is 16.0. The molecule has 6 heteroatoms. The number of carbonyl (C=O) groups excluding carboxylic acids is 2. The third kappa shape index (κ3) is 4.76. The van der Waals surface area contributed by atoms with Crippen molar-refractivity contribution >= 4 is 39.4 Å². The lowest BCUT2D eigenvalue weighted by molar-refractivity contribution is -0.117. The van der Waals surface area contributed by atoms with E-state index in [-0.39, 0.29) is 5.57 Å². The van der Waals surface area contributed by atoms with Crippen LogP contribution in [0.2, 0.25) is 0 Å². The van der Waals surface area contributed by atoms with Gasteiger partial charge < -0.3 is 9.84 Å². The smallest absolute Gasteiger partial charge is 0.294 e. The Bertz CT molecular complexity index is 1220. The van der Waals surface area contributed by atoms with Crippen LogP contribution in [-0.4, -0.2) is 23.4 Å². The van der Waals surface area contributed by atoms with Gasteiger partial charge in [-0.1, -0.05) is 64.5 Å². The van der Waals surface area contributed by atoms with Crippen LogP contribution in [0.15, 0.2) is 101 Å². The van der Waals surface area contributed by atoms with Crippen molar-refractivity contribution in [2.24, 2.45) is 0 Å². The van der Waals surface area contributed by atoms with E-state index >= 15 is 0 Å². The molecule has 0 aliphatic carbocycles. The lowest BCUT2D eigenvalue weighted by Crippen LogP contribution is -2.30. The van der Waals surface area contributed by atoms with Crippen molar-refractivity contribution in [2.45, 2.75) is 13.0 Å². The van der Waals surface area contributed by atoms with Gasteiger partial charge in [0.15, 0.2) is 11.5 Å². The Balaban J connectivity index is 1.75. The third-order valence-corrected chi connectivity index (χ3v) is 5.84. The number of amides is 1. The number of ketones is 1. The number of nitrogens with zero attached hydrogens (tertiary/aromatic N) is 1.